The van der Waals surface area contributed by atoms with Crippen molar-refractivity contribution in [3.8, 4) is 0 Å². The van der Waals surface area contributed by atoms with Crippen LogP contribution in [0.5, 0.6) is 0 Å². The van der Waals surface area contributed by atoms with Crippen LogP contribution in [0.1, 0.15) is 16.1 Å². The summed E-state index contributed by atoms with van der Waals surface area (Å²) >= 11 is 0. The molecule has 3 N–H and O–H groups in total. The van der Waals surface area contributed by atoms with Crippen molar-refractivity contribution in [2.24, 2.45) is 7.05 Å². The van der Waals surface area contributed by atoms with Gasteiger partial charge in [-0.15, -0.1) is 0 Å². The predicted octanol–water partition coefficient (Wildman–Crippen LogP) is 0.883. The van der Waals surface area contributed by atoms with Gasteiger partial charge in [0.2, 0.25) is 0 Å². The third-order valence-electron chi connectivity index (χ3n) is 2.90. The van der Waals surface area contributed by atoms with E-state index in [4.69, 9.17) is 5.73 Å². The Balaban J connectivity index is 2.03. The molecule has 21 heavy (non-hydrogen) atoms. The van der Waals surface area contributed by atoms with Crippen molar-refractivity contribution in [2.75, 3.05) is 12.3 Å². The Bertz CT molecular complexity index is 680. The second-order valence-electron chi connectivity index (χ2n) is 4.52. The minimum absolute atomic E-state index is 0.0407. The molecule has 0 aliphatic heterocycles. The number of anilines is 1. The van der Waals surface area contributed by atoms with E-state index in [0.29, 0.717) is 18.7 Å². The zero-order valence-electron chi connectivity index (χ0n) is 11.4. The van der Waals surface area contributed by atoms with Gasteiger partial charge in [0.25, 0.3) is 11.6 Å². The second-order valence-corrected chi connectivity index (χ2v) is 4.52. The molecule has 0 aliphatic carbocycles. The molecule has 0 radical (unpaired) electrons. The number of nitrogens with zero attached hydrogens (tertiary/aromatic N) is 3. The van der Waals surface area contributed by atoms with Crippen LogP contribution in [0, 0.1) is 10.1 Å². The van der Waals surface area contributed by atoms with Crippen LogP contribution in [-0.4, -0.2) is 27.2 Å². The van der Waals surface area contributed by atoms with E-state index in [2.05, 4.69) is 10.4 Å². The van der Waals surface area contributed by atoms with E-state index in [1.54, 1.807) is 17.9 Å². The highest BCUT2D eigenvalue weighted by molar-refractivity contribution is 5.99. The summed E-state index contributed by atoms with van der Waals surface area (Å²) in [5.74, 6) is -0.523. The molecule has 8 heteroatoms. The lowest BCUT2D eigenvalue weighted by atomic mass is 10.1. The van der Waals surface area contributed by atoms with Crippen molar-refractivity contribution < 1.29 is 9.72 Å². The van der Waals surface area contributed by atoms with Gasteiger partial charge in [0, 0.05) is 38.0 Å². The molecule has 0 atom stereocenters. The van der Waals surface area contributed by atoms with Gasteiger partial charge in [-0.05, 0) is 18.2 Å². The molecule has 0 fully saturated rings. The number of carbonyl (C=O) groups is 1. The number of hydrogen-bond donors (Lipinski definition) is 2. The van der Waals surface area contributed by atoms with Gasteiger partial charge in [0.05, 0.1) is 10.6 Å². The largest absolute Gasteiger partial charge is 0.399 e. The summed E-state index contributed by atoms with van der Waals surface area (Å²) in [5.41, 5.74) is 6.40. The Morgan fingerprint density at radius 3 is 2.86 bits per heavy atom. The summed E-state index contributed by atoms with van der Waals surface area (Å²) < 4.78 is 1.67. The Labute approximate surface area is 120 Å². The standard InChI is InChI=1S/C13H15N5O3/c1-17-7-5-10(16-17)4-6-15-13(19)11-8-9(14)2-3-12(11)18(20)21/h2-3,5,7-8H,4,6,14H2,1H3,(H,15,19). The summed E-state index contributed by atoms with van der Waals surface area (Å²) in [6, 6.07) is 5.76. The van der Waals surface area contributed by atoms with Crippen LogP contribution in [-0.2, 0) is 13.5 Å². The molecular formula is C13H15N5O3. The normalized spacial score (nSPS) is 10.3. The number of hydrogen-bond acceptors (Lipinski definition) is 5. The number of carbonyl (C=O) groups excluding carboxylic acids is 1. The fraction of sp³-hybridized carbons (Fsp3) is 0.231. The average molecular weight is 289 g/mol. The number of nitrogen functional groups attached to an aromatic ring is 1. The lowest BCUT2D eigenvalue weighted by Gasteiger charge is -2.05. The van der Waals surface area contributed by atoms with Crippen LogP contribution in [0.15, 0.2) is 30.5 Å². The fourth-order valence-electron chi connectivity index (χ4n) is 1.89. The number of aromatic nitrogens is 2. The highest BCUT2D eigenvalue weighted by Crippen LogP contribution is 2.20. The molecule has 110 valence electrons. The van der Waals surface area contributed by atoms with E-state index in [1.165, 1.54) is 18.2 Å². The van der Waals surface area contributed by atoms with Gasteiger partial charge >= 0.3 is 0 Å². The summed E-state index contributed by atoms with van der Waals surface area (Å²) in [7, 11) is 1.80. The predicted molar refractivity (Wildman–Crippen MR) is 76.8 cm³/mol. The summed E-state index contributed by atoms with van der Waals surface area (Å²) in [6.45, 7) is 0.335. The van der Waals surface area contributed by atoms with Gasteiger partial charge < -0.3 is 11.1 Å². The first-order chi connectivity index (χ1) is 9.97. The molecular weight excluding hydrogens is 274 g/mol. The molecule has 0 saturated heterocycles. The van der Waals surface area contributed by atoms with Gasteiger partial charge in [-0.2, -0.15) is 5.10 Å². The van der Waals surface area contributed by atoms with Gasteiger partial charge in [-0.25, -0.2) is 0 Å². The van der Waals surface area contributed by atoms with Gasteiger partial charge in [0.1, 0.15) is 5.56 Å². The SMILES string of the molecule is Cn1ccc(CCNC(=O)c2cc(N)ccc2[N+](=O)[O-])n1. The fourth-order valence-corrected chi connectivity index (χ4v) is 1.89. The first-order valence-electron chi connectivity index (χ1n) is 6.28. The number of rotatable bonds is 5. The molecule has 1 aromatic carbocycles. The van der Waals surface area contributed by atoms with Crippen LogP contribution in [0.2, 0.25) is 0 Å². The average Bonchev–Trinajstić information content (AvgIpc) is 2.84. The van der Waals surface area contributed by atoms with Gasteiger partial charge in [-0.1, -0.05) is 0 Å². The minimum atomic E-state index is -0.604. The van der Waals surface area contributed by atoms with Crippen molar-refractivity contribution in [1.29, 1.82) is 0 Å². The lowest BCUT2D eigenvalue weighted by Crippen LogP contribution is -2.26. The summed E-state index contributed by atoms with van der Waals surface area (Å²) in [5, 5.41) is 17.7. The molecule has 0 bridgehead atoms. The Kier molecular flexibility index (Phi) is 4.17. The quantitative estimate of drug-likeness (QED) is 0.481. The molecule has 0 unspecified atom stereocenters. The number of nitrogens with one attached hydrogen (secondary N) is 1. The maximum atomic E-state index is 12.0. The third-order valence-corrected chi connectivity index (χ3v) is 2.90. The molecule has 0 saturated carbocycles. The van der Waals surface area contributed by atoms with Crippen LogP contribution >= 0.6 is 0 Å². The Hall–Kier alpha value is -2.90. The van der Waals surface area contributed by atoms with Crippen molar-refractivity contribution in [3.05, 3.63) is 51.8 Å². The molecule has 2 aromatic rings. The smallest absolute Gasteiger partial charge is 0.282 e. The van der Waals surface area contributed by atoms with E-state index >= 15 is 0 Å². The lowest BCUT2D eigenvalue weighted by molar-refractivity contribution is -0.385. The summed E-state index contributed by atoms with van der Waals surface area (Å²) in [4.78, 5) is 22.3. The van der Waals surface area contributed by atoms with Gasteiger partial charge in [0.15, 0.2) is 0 Å². The zero-order chi connectivity index (χ0) is 15.4. The zero-order valence-corrected chi connectivity index (χ0v) is 11.4. The van der Waals surface area contributed by atoms with Crippen molar-refractivity contribution in [3.63, 3.8) is 0 Å². The van der Waals surface area contributed by atoms with E-state index in [-0.39, 0.29) is 11.3 Å². The molecule has 1 heterocycles. The first kappa shape index (κ1) is 14.5. The van der Waals surface area contributed by atoms with E-state index in [9.17, 15) is 14.9 Å². The van der Waals surface area contributed by atoms with E-state index in [0.717, 1.165) is 5.69 Å². The van der Waals surface area contributed by atoms with Gasteiger partial charge in [-0.3, -0.25) is 19.6 Å². The number of benzene rings is 1. The van der Waals surface area contributed by atoms with E-state index in [1.807, 2.05) is 6.07 Å². The van der Waals surface area contributed by atoms with Crippen molar-refractivity contribution in [1.82, 2.24) is 15.1 Å². The highest BCUT2D eigenvalue weighted by atomic mass is 16.6. The topological polar surface area (TPSA) is 116 Å². The van der Waals surface area contributed by atoms with Crippen LogP contribution in [0.25, 0.3) is 0 Å². The van der Waals surface area contributed by atoms with E-state index < -0.39 is 10.8 Å². The molecule has 1 amide bonds. The first-order valence-corrected chi connectivity index (χ1v) is 6.28. The number of nitro groups is 1. The molecule has 0 spiro atoms. The minimum Gasteiger partial charge on any atom is -0.399 e. The molecule has 0 aliphatic rings. The highest BCUT2D eigenvalue weighted by Gasteiger charge is 2.19. The maximum absolute atomic E-state index is 12.0. The number of amides is 1. The van der Waals surface area contributed by atoms with Crippen molar-refractivity contribution >= 4 is 17.3 Å². The molecule has 1 aromatic heterocycles. The second kappa shape index (κ2) is 6.04. The number of aryl methyl sites for hydroxylation is 1. The number of nitrogens with two attached hydrogens (primary N) is 1. The number of nitro benzene ring substituents is 1. The van der Waals surface area contributed by atoms with Crippen LogP contribution in [0.4, 0.5) is 11.4 Å². The van der Waals surface area contributed by atoms with Crippen LogP contribution in [0.3, 0.4) is 0 Å². The molecule has 2 rings (SSSR count). The third kappa shape index (κ3) is 3.56. The summed E-state index contributed by atoms with van der Waals surface area (Å²) in [6.07, 6.45) is 2.35. The Morgan fingerprint density at radius 1 is 1.48 bits per heavy atom. The maximum Gasteiger partial charge on any atom is 0.282 e. The van der Waals surface area contributed by atoms with Crippen molar-refractivity contribution in [2.45, 2.75) is 6.42 Å². The molecule has 8 nitrogen and oxygen atoms in total. The monoisotopic (exact) mass is 289 g/mol. The Morgan fingerprint density at radius 2 is 2.24 bits per heavy atom. The van der Waals surface area contributed by atoms with Crippen LogP contribution < -0.4 is 11.1 Å².